The highest BCUT2D eigenvalue weighted by atomic mass is 32.1. The number of anilines is 1. The summed E-state index contributed by atoms with van der Waals surface area (Å²) >= 11 is 1.43. The van der Waals surface area contributed by atoms with Gasteiger partial charge in [0.1, 0.15) is 0 Å². The molecule has 3 aromatic rings. The van der Waals surface area contributed by atoms with Gasteiger partial charge in [0.25, 0.3) is 5.91 Å². The maximum atomic E-state index is 11.9. The Morgan fingerprint density at radius 1 is 1.25 bits per heavy atom. The number of hydrogen-bond acceptors (Lipinski definition) is 3. The van der Waals surface area contributed by atoms with Crippen molar-refractivity contribution in [1.29, 1.82) is 0 Å². The summed E-state index contributed by atoms with van der Waals surface area (Å²) in [6.07, 6.45) is 0. The molecule has 3 rings (SSSR count). The van der Waals surface area contributed by atoms with Gasteiger partial charge in [0.15, 0.2) is 0 Å². The number of rotatable bonds is 3. The minimum atomic E-state index is -0.0802. The van der Waals surface area contributed by atoms with Crippen LogP contribution in [-0.2, 0) is 0 Å². The highest BCUT2D eigenvalue weighted by Crippen LogP contribution is 2.20. The number of aromatic amines is 1. The average Bonchev–Trinajstić information content (AvgIpc) is 3.10. The summed E-state index contributed by atoms with van der Waals surface area (Å²) in [4.78, 5) is 12.6. The van der Waals surface area contributed by atoms with Crippen LogP contribution in [0.1, 0.15) is 15.4 Å². The van der Waals surface area contributed by atoms with E-state index in [4.69, 9.17) is 0 Å². The van der Waals surface area contributed by atoms with E-state index in [2.05, 4.69) is 15.5 Å². The second-order valence-corrected chi connectivity index (χ2v) is 5.39. The van der Waals surface area contributed by atoms with Gasteiger partial charge in [-0.1, -0.05) is 18.2 Å². The quantitative estimate of drug-likeness (QED) is 0.770. The number of H-pyrrole nitrogens is 1. The summed E-state index contributed by atoms with van der Waals surface area (Å²) in [6.45, 7) is 1.96. The zero-order valence-corrected chi connectivity index (χ0v) is 11.7. The first-order valence-electron chi connectivity index (χ1n) is 6.20. The van der Waals surface area contributed by atoms with Gasteiger partial charge >= 0.3 is 0 Å². The monoisotopic (exact) mass is 283 g/mol. The fourth-order valence-corrected chi connectivity index (χ4v) is 2.51. The first-order valence-corrected chi connectivity index (χ1v) is 7.07. The molecule has 0 saturated heterocycles. The fourth-order valence-electron chi connectivity index (χ4n) is 1.89. The molecule has 0 aliphatic rings. The second-order valence-electron chi connectivity index (χ2n) is 4.44. The molecule has 1 aromatic carbocycles. The Kier molecular flexibility index (Phi) is 3.35. The summed E-state index contributed by atoms with van der Waals surface area (Å²) in [5.74, 6) is -0.0802. The average molecular weight is 283 g/mol. The number of benzene rings is 1. The summed E-state index contributed by atoms with van der Waals surface area (Å²) in [5, 5.41) is 11.9. The Hall–Kier alpha value is -2.40. The standard InChI is InChI=1S/C15H13N3OS/c1-10-9-13(18-17-10)11-4-6-12(7-5-11)16-15(19)14-3-2-8-20-14/h2-9H,1H3,(H,16,19)(H,17,18). The van der Waals surface area contributed by atoms with Crippen LogP contribution < -0.4 is 5.32 Å². The van der Waals surface area contributed by atoms with Gasteiger partial charge in [0.05, 0.1) is 10.6 Å². The van der Waals surface area contributed by atoms with Gasteiger partial charge in [-0.2, -0.15) is 5.10 Å². The normalized spacial score (nSPS) is 10.4. The van der Waals surface area contributed by atoms with Crippen molar-refractivity contribution in [3.63, 3.8) is 0 Å². The molecule has 20 heavy (non-hydrogen) atoms. The second kappa shape index (κ2) is 5.30. The lowest BCUT2D eigenvalue weighted by molar-refractivity contribution is 0.103. The third kappa shape index (κ3) is 2.62. The van der Waals surface area contributed by atoms with E-state index in [0.29, 0.717) is 4.88 Å². The van der Waals surface area contributed by atoms with Crippen molar-refractivity contribution in [2.75, 3.05) is 5.32 Å². The first kappa shape index (κ1) is 12.6. The highest BCUT2D eigenvalue weighted by Gasteiger charge is 2.07. The summed E-state index contributed by atoms with van der Waals surface area (Å²) < 4.78 is 0. The van der Waals surface area contributed by atoms with Crippen LogP contribution in [0.25, 0.3) is 11.3 Å². The molecule has 2 heterocycles. The maximum Gasteiger partial charge on any atom is 0.265 e. The fraction of sp³-hybridized carbons (Fsp3) is 0.0667. The lowest BCUT2D eigenvalue weighted by Crippen LogP contribution is -2.09. The van der Waals surface area contributed by atoms with Crippen molar-refractivity contribution in [1.82, 2.24) is 10.2 Å². The number of nitrogens with one attached hydrogen (secondary N) is 2. The van der Waals surface area contributed by atoms with Crippen molar-refractivity contribution in [3.8, 4) is 11.3 Å². The molecule has 0 fully saturated rings. The molecule has 0 aliphatic heterocycles. The van der Waals surface area contributed by atoms with E-state index in [0.717, 1.165) is 22.6 Å². The number of amides is 1. The van der Waals surface area contributed by atoms with Gasteiger partial charge in [-0.15, -0.1) is 11.3 Å². The van der Waals surface area contributed by atoms with Crippen LogP contribution in [0.3, 0.4) is 0 Å². The Morgan fingerprint density at radius 2 is 2.05 bits per heavy atom. The molecular formula is C15H13N3OS. The minimum Gasteiger partial charge on any atom is -0.321 e. The first-order chi connectivity index (χ1) is 9.72. The van der Waals surface area contributed by atoms with Crippen LogP contribution in [0.2, 0.25) is 0 Å². The largest absolute Gasteiger partial charge is 0.321 e. The van der Waals surface area contributed by atoms with Crippen LogP contribution >= 0.6 is 11.3 Å². The molecule has 2 aromatic heterocycles. The number of aromatic nitrogens is 2. The van der Waals surface area contributed by atoms with Gasteiger partial charge in [0.2, 0.25) is 0 Å². The van der Waals surface area contributed by atoms with E-state index >= 15 is 0 Å². The Balaban J connectivity index is 1.75. The smallest absolute Gasteiger partial charge is 0.265 e. The third-order valence-electron chi connectivity index (χ3n) is 2.89. The van der Waals surface area contributed by atoms with E-state index in [9.17, 15) is 4.79 Å². The number of hydrogen-bond donors (Lipinski definition) is 2. The van der Waals surface area contributed by atoms with Gasteiger partial charge in [-0.25, -0.2) is 0 Å². The molecule has 4 nitrogen and oxygen atoms in total. The van der Waals surface area contributed by atoms with Crippen LogP contribution in [0.4, 0.5) is 5.69 Å². The van der Waals surface area contributed by atoms with Gasteiger partial charge in [0, 0.05) is 16.9 Å². The van der Waals surface area contributed by atoms with Crippen LogP contribution in [0.15, 0.2) is 47.8 Å². The molecule has 2 N–H and O–H groups in total. The third-order valence-corrected chi connectivity index (χ3v) is 3.76. The predicted octanol–water partition coefficient (Wildman–Crippen LogP) is 3.70. The van der Waals surface area contributed by atoms with E-state index in [1.165, 1.54) is 11.3 Å². The summed E-state index contributed by atoms with van der Waals surface area (Å²) in [7, 11) is 0. The Labute approximate surface area is 120 Å². The van der Waals surface area contributed by atoms with Crippen molar-refractivity contribution in [3.05, 3.63) is 58.4 Å². The molecule has 0 bridgehead atoms. The van der Waals surface area contributed by atoms with Crippen LogP contribution in [0, 0.1) is 6.92 Å². The molecule has 0 unspecified atom stereocenters. The number of carbonyl (C=O) groups excluding carboxylic acids is 1. The van der Waals surface area contributed by atoms with Crippen molar-refractivity contribution >= 4 is 22.9 Å². The van der Waals surface area contributed by atoms with E-state index < -0.39 is 0 Å². The SMILES string of the molecule is Cc1cc(-c2ccc(NC(=O)c3cccs3)cc2)n[nH]1. The zero-order valence-electron chi connectivity index (χ0n) is 10.9. The molecule has 5 heteroatoms. The molecule has 1 amide bonds. The zero-order chi connectivity index (χ0) is 13.9. The topological polar surface area (TPSA) is 57.8 Å². The Morgan fingerprint density at radius 3 is 2.65 bits per heavy atom. The molecule has 0 atom stereocenters. The molecule has 0 saturated carbocycles. The summed E-state index contributed by atoms with van der Waals surface area (Å²) in [6, 6.07) is 13.3. The summed E-state index contributed by atoms with van der Waals surface area (Å²) in [5.41, 5.74) is 3.72. The van der Waals surface area contributed by atoms with Crippen molar-refractivity contribution in [2.45, 2.75) is 6.92 Å². The highest BCUT2D eigenvalue weighted by molar-refractivity contribution is 7.12. The molecule has 0 spiro atoms. The maximum absolute atomic E-state index is 11.9. The molecule has 0 aliphatic carbocycles. The molecule has 100 valence electrons. The van der Waals surface area contributed by atoms with E-state index in [1.807, 2.05) is 48.7 Å². The molecular weight excluding hydrogens is 270 g/mol. The Bertz CT molecular complexity index is 714. The number of aryl methyl sites for hydroxylation is 1. The number of nitrogens with zero attached hydrogens (tertiary/aromatic N) is 1. The lowest BCUT2D eigenvalue weighted by Gasteiger charge is -2.04. The van der Waals surface area contributed by atoms with Crippen LogP contribution in [0.5, 0.6) is 0 Å². The van der Waals surface area contributed by atoms with Gasteiger partial charge < -0.3 is 5.32 Å². The van der Waals surface area contributed by atoms with Crippen molar-refractivity contribution < 1.29 is 4.79 Å². The lowest BCUT2D eigenvalue weighted by atomic mass is 10.1. The van der Waals surface area contributed by atoms with Gasteiger partial charge in [-0.3, -0.25) is 9.89 Å². The van der Waals surface area contributed by atoms with Crippen molar-refractivity contribution in [2.24, 2.45) is 0 Å². The van der Waals surface area contributed by atoms with Crippen LogP contribution in [-0.4, -0.2) is 16.1 Å². The number of thiophene rings is 1. The minimum absolute atomic E-state index is 0.0802. The molecule has 0 radical (unpaired) electrons. The number of carbonyl (C=O) groups is 1. The van der Waals surface area contributed by atoms with Gasteiger partial charge in [-0.05, 0) is 36.6 Å². The van der Waals surface area contributed by atoms with E-state index in [-0.39, 0.29) is 5.91 Å². The predicted molar refractivity (Wildman–Crippen MR) is 81.0 cm³/mol. The van der Waals surface area contributed by atoms with E-state index in [1.54, 1.807) is 6.07 Å².